The molecule has 0 amide bonds. The van der Waals surface area contributed by atoms with Crippen molar-refractivity contribution in [3.63, 3.8) is 0 Å². The summed E-state index contributed by atoms with van der Waals surface area (Å²) in [6.45, 7) is 1.08. The number of aromatic amines is 1. The van der Waals surface area contributed by atoms with E-state index in [1.54, 1.807) is 6.07 Å². The lowest BCUT2D eigenvalue weighted by molar-refractivity contribution is 0.315. The molecule has 0 aliphatic carbocycles. The lowest BCUT2D eigenvalue weighted by Crippen LogP contribution is -2.38. The fourth-order valence-corrected chi connectivity index (χ4v) is 3.75. The number of hydrogen-bond acceptors (Lipinski definition) is 2. The summed E-state index contributed by atoms with van der Waals surface area (Å²) in [7, 11) is -3.14. The number of hydrogen-bond donors (Lipinski definition) is 1. The van der Waals surface area contributed by atoms with Crippen LogP contribution in [0, 0.1) is 5.82 Å². The van der Waals surface area contributed by atoms with Crippen molar-refractivity contribution in [1.29, 1.82) is 0 Å². The molecule has 1 atom stereocenters. The molecule has 6 heteroatoms. The van der Waals surface area contributed by atoms with E-state index in [9.17, 15) is 12.8 Å². The van der Waals surface area contributed by atoms with Crippen LogP contribution in [0.3, 0.4) is 0 Å². The summed E-state index contributed by atoms with van der Waals surface area (Å²) in [4.78, 5) is 3.28. The third kappa shape index (κ3) is 2.58. The molecule has 2 aromatic rings. The van der Waals surface area contributed by atoms with Gasteiger partial charge in [0.1, 0.15) is 5.82 Å². The highest BCUT2D eigenvalue weighted by atomic mass is 32.2. The monoisotopic (exact) mass is 296 g/mol. The Kier molecular flexibility index (Phi) is 3.30. The zero-order chi connectivity index (χ0) is 14.3. The lowest BCUT2D eigenvalue weighted by Gasteiger charge is -2.30. The smallest absolute Gasteiger partial charge is 0.211 e. The Morgan fingerprint density at radius 2 is 2.15 bits per heavy atom. The van der Waals surface area contributed by atoms with Crippen molar-refractivity contribution in [2.24, 2.45) is 0 Å². The van der Waals surface area contributed by atoms with E-state index in [4.69, 9.17) is 0 Å². The van der Waals surface area contributed by atoms with Gasteiger partial charge in [0.05, 0.1) is 6.26 Å². The molecular weight excluding hydrogens is 279 g/mol. The van der Waals surface area contributed by atoms with Crippen molar-refractivity contribution in [2.75, 3.05) is 19.3 Å². The Balaban J connectivity index is 1.90. The Labute approximate surface area is 117 Å². The normalized spacial score (nSPS) is 21.4. The van der Waals surface area contributed by atoms with Crippen molar-refractivity contribution in [1.82, 2.24) is 9.29 Å². The summed E-state index contributed by atoms with van der Waals surface area (Å²) in [5, 5.41) is 0.830. The molecule has 3 rings (SSSR count). The van der Waals surface area contributed by atoms with Gasteiger partial charge in [-0.2, -0.15) is 0 Å². The van der Waals surface area contributed by atoms with Gasteiger partial charge in [0.15, 0.2) is 0 Å². The highest BCUT2D eigenvalue weighted by Gasteiger charge is 2.27. The van der Waals surface area contributed by atoms with Gasteiger partial charge in [0.2, 0.25) is 10.0 Å². The van der Waals surface area contributed by atoms with Crippen LogP contribution in [0.15, 0.2) is 24.3 Å². The number of benzene rings is 1. The Morgan fingerprint density at radius 3 is 2.90 bits per heavy atom. The summed E-state index contributed by atoms with van der Waals surface area (Å²) >= 11 is 0. The van der Waals surface area contributed by atoms with Crippen molar-refractivity contribution in [2.45, 2.75) is 18.8 Å². The average Bonchev–Trinajstić information content (AvgIpc) is 2.81. The van der Waals surface area contributed by atoms with Gasteiger partial charge in [-0.1, -0.05) is 0 Å². The number of fused-ring (bicyclic) bond motifs is 1. The molecule has 1 saturated heterocycles. The maximum absolute atomic E-state index is 13.2. The maximum atomic E-state index is 13.2. The number of piperidine rings is 1. The minimum Gasteiger partial charge on any atom is -0.358 e. The molecule has 4 nitrogen and oxygen atoms in total. The van der Waals surface area contributed by atoms with Crippen molar-refractivity contribution >= 4 is 20.9 Å². The molecule has 1 aromatic carbocycles. The molecule has 2 heterocycles. The molecule has 20 heavy (non-hydrogen) atoms. The first kappa shape index (κ1) is 13.6. The highest BCUT2D eigenvalue weighted by Crippen LogP contribution is 2.30. The number of sulfonamides is 1. The van der Waals surface area contributed by atoms with Crippen molar-refractivity contribution in [3.05, 3.63) is 35.8 Å². The summed E-state index contributed by atoms with van der Waals surface area (Å²) in [6.07, 6.45) is 3.04. The molecule has 1 unspecified atom stereocenters. The van der Waals surface area contributed by atoms with Crippen LogP contribution < -0.4 is 0 Å². The molecule has 1 aromatic heterocycles. The summed E-state index contributed by atoms with van der Waals surface area (Å²) in [5.74, 6) is -0.113. The first-order chi connectivity index (χ1) is 9.43. The summed E-state index contributed by atoms with van der Waals surface area (Å²) in [6, 6.07) is 6.55. The maximum Gasteiger partial charge on any atom is 0.211 e. The Bertz CT molecular complexity index is 739. The van der Waals surface area contributed by atoms with Crippen LogP contribution >= 0.6 is 0 Å². The van der Waals surface area contributed by atoms with E-state index in [2.05, 4.69) is 4.98 Å². The van der Waals surface area contributed by atoms with Gasteiger partial charge < -0.3 is 4.98 Å². The van der Waals surface area contributed by atoms with Crippen molar-refractivity contribution < 1.29 is 12.8 Å². The highest BCUT2D eigenvalue weighted by molar-refractivity contribution is 7.88. The second-order valence-corrected chi connectivity index (χ2v) is 7.40. The number of rotatable bonds is 2. The topological polar surface area (TPSA) is 53.2 Å². The Morgan fingerprint density at radius 1 is 1.35 bits per heavy atom. The number of H-pyrrole nitrogens is 1. The van der Waals surface area contributed by atoms with Gasteiger partial charge in [-0.25, -0.2) is 17.1 Å². The van der Waals surface area contributed by atoms with E-state index in [1.807, 2.05) is 6.07 Å². The molecule has 1 aliphatic rings. The standard InChI is InChI=1S/C14H17FN2O2S/c1-20(18,19)17-6-2-3-10(9-17)14-8-11-7-12(15)4-5-13(11)16-14/h4-5,7-8,10,16H,2-3,6,9H2,1H3. The first-order valence-corrected chi connectivity index (χ1v) is 8.51. The van der Waals surface area contributed by atoms with E-state index in [0.717, 1.165) is 29.4 Å². The molecule has 108 valence electrons. The van der Waals surface area contributed by atoms with Gasteiger partial charge in [0, 0.05) is 35.6 Å². The van der Waals surface area contributed by atoms with E-state index in [-0.39, 0.29) is 11.7 Å². The minimum absolute atomic E-state index is 0.147. The quantitative estimate of drug-likeness (QED) is 0.925. The zero-order valence-corrected chi connectivity index (χ0v) is 12.1. The van der Waals surface area contributed by atoms with Gasteiger partial charge in [-0.3, -0.25) is 0 Å². The van der Waals surface area contributed by atoms with Gasteiger partial charge in [-0.05, 0) is 37.1 Å². The second kappa shape index (κ2) is 4.86. The van der Waals surface area contributed by atoms with Crippen LogP contribution in [-0.2, 0) is 10.0 Å². The minimum atomic E-state index is -3.14. The molecule has 0 bridgehead atoms. The number of halogens is 1. The fourth-order valence-electron chi connectivity index (χ4n) is 2.84. The number of nitrogens with zero attached hydrogens (tertiary/aromatic N) is 1. The van der Waals surface area contributed by atoms with E-state index < -0.39 is 10.0 Å². The van der Waals surface area contributed by atoms with E-state index >= 15 is 0 Å². The molecular formula is C14H17FN2O2S. The SMILES string of the molecule is CS(=O)(=O)N1CCCC(c2cc3cc(F)ccc3[nH]2)C1. The number of nitrogens with one attached hydrogen (secondary N) is 1. The first-order valence-electron chi connectivity index (χ1n) is 6.67. The van der Waals surface area contributed by atoms with Gasteiger partial charge in [0.25, 0.3) is 0 Å². The summed E-state index contributed by atoms with van der Waals surface area (Å²) in [5.41, 5.74) is 1.87. The fraction of sp³-hybridized carbons (Fsp3) is 0.429. The molecule has 1 aliphatic heterocycles. The Hall–Kier alpha value is -1.40. The largest absolute Gasteiger partial charge is 0.358 e. The predicted octanol–water partition coefficient (Wildman–Crippen LogP) is 2.45. The second-order valence-electron chi connectivity index (χ2n) is 5.42. The van der Waals surface area contributed by atoms with E-state index in [0.29, 0.717) is 13.1 Å². The molecule has 0 spiro atoms. The lowest BCUT2D eigenvalue weighted by atomic mass is 9.96. The van der Waals surface area contributed by atoms with Crippen LogP contribution in [0.4, 0.5) is 4.39 Å². The van der Waals surface area contributed by atoms with Gasteiger partial charge in [-0.15, -0.1) is 0 Å². The van der Waals surface area contributed by atoms with E-state index in [1.165, 1.54) is 22.7 Å². The average molecular weight is 296 g/mol. The van der Waals surface area contributed by atoms with Crippen LogP contribution in [0.2, 0.25) is 0 Å². The molecule has 0 radical (unpaired) electrons. The van der Waals surface area contributed by atoms with Crippen LogP contribution in [0.1, 0.15) is 24.5 Å². The molecule has 1 N–H and O–H groups in total. The molecule has 0 saturated carbocycles. The molecule has 1 fully saturated rings. The third-order valence-electron chi connectivity index (χ3n) is 3.90. The number of aromatic nitrogens is 1. The van der Waals surface area contributed by atoms with Crippen LogP contribution in [0.25, 0.3) is 10.9 Å². The van der Waals surface area contributed by atoms with Gasteiger partial charge >= 0.3 is 0 Å². The third-order valence-corrected chi connectivity index (χ3v) is 5.17. The summed E-state index contributed by atoms with van der Waals surface area (Å²) < 4.78 is 38.0. The predicted molar refractivity (Wildman–Crippen MR) is 76.6 cm³/mol. The van der Waals surface area contributed by atoms with Crippen LogP contribution in [-0.4, -0.2) is 37.1 Å². The van der Waals surface area contributed by atoms with Crippen LogP contribution in [0.5, 0.6) is 0 Å². The van der Waals surface area contributed by atoms with Crippen molar-refractivity contribution in [3.8, 4) is 0 Å². The zero-order valence-electron chi connectivity index (χ0n) is 11.3.